The average molecular weight is 321 g/mol. The number of nitrogen functional groups attached to an aromatic ring is 1. The maximum Gasteiger partial charge on any atom is 0.186 e. The first kappa shape index (κ1) is 16.1. The first-order chi connectivity index (χ1) is 7.88. The molecule has 0 aliphatic rings. The molecule has 0 spiro atoms. The topological polar surface area (TPSA) is 81.5 Å². The highest BCUT2D eigenvalue weighted by Gasteiger charge is 2.21. The van der Waals surface area contributed by atoms with E-state index in [1.165, 1.54) is 0 Å². The van der Waals surface area contributed by atoms with Gasteiger partial charge in [0.05, 0.1) is 17.7 Å². The Kier molecular flexibility index (Phi) is 7.04. The number of aliphatic hydroxyl groups is 1. The zero-order valence-corrected chi connectivity index (χ0v) is 9.90. The van der Waals surface area contributed by atoms with E-state index in [4.69, 9.17) is 10.8 Å². The highest BCUT2D eigenvalue weighted by atomic mass is 79.9. The minimum absolute atomic E-state index is 0.00347. The molecule has 0 atom stereocenters. The van der Waals surface area contributed by atoms with Crippen LogP contribution >= 0.6 is 15.9 Å². The van der Waals surface area contributed by atoms with Gasteiger partial charge in [-0.05, 0) is 15.9 Å². The summed E-state index contributed by atoms with van der Waals surface area (Å²) in [6, 6.07) is 0. The smallest absolute Gasteiger partial charge is 0.186 e. The maximum absolute atomic E-state index is 12.5. The summed E-state index contributed by atoms with van der Waals surface area (Å²) in [5.41, 5.74) is 3.54. The van der Waals surface area contributed by atoms with E-state index in [-0.39, 0.29) is 13.2 Å². The molecule has 5 N–H and O–H groups in total. The van der Waals surface area contributed by atoms with Crippen LogP contribution in [0.5, 0.6) is 0 Å². The Balaban J connectivity index is 0.000000437. The van der Waals surface area contributed by atoms with E-state index in [1.807, 2.05) is 0 Å². The zero-order chi connectivity index (χ0) is 13.6. The van der Waals surface area contributed by atoms with Crippen LogP contribution in [-0.4, -0.2) is 18.3 Å². The van der Waals surface area contributed by atoms with E-state index in [0.717, 1.165) is 0 Å². The van der Waals surface area contributed by atoms with Crippen molar-refractivity contribution in [2.45, 2.75) is 0 Å². The normalized spacial score (nSPS) is 9.82. The van der Waals surface area contributed by atoms with E-state index < -0.39 is 33.4 Å². The first-order valence-corrected chi connectivity index (χ1v) is 4.87. The van der Waals surface area contributed by atoms with E-state index in [0.29, 0.717) is 0 Å². The molecular formula is C8H9BrF4N2O2. The van der Waals surface area contributed by atoms with Crippen molar-refractivity contribution in [1.82, 2.24) is 0 Å². The van der Waals surface area contributed by atoms with E-state index in [1.54, 1.807) is 0 Å². The minimum Gasteiger partial charge on any atom is -0.394 e. The number of nitrogens with two attached hydrogens (primary N) is 2. The van der Waals surface area contributed by atoms with Crippen LogP contribution in [0.15, 0.2) is 4.47 Å². The molecule has 0 aliphatic carbocycles. The molecule has 1 aromatic rings. The largest absolute Gasteiger partial charge is 0.394 e. The molecule has 0 fully saturated rings. The second-order valence-corrected chi connectivity index (χ2v) is 3.37. The van der Waals surface area contributed by atoms with Crippen molar-refractivity contribution in [3.63, 3.8) is 0 Å². The molecule has 0 amide bonds. The third kappa shape index (κ3) is 4.11. The lowest BCUT2D eigenvalue weighted by atomic mass is 10.3. The van der Waals surface area contributed by atoms with Crippen LogP contribution in [0.3, 0.4) is 0 Å². The Labute approximate surface area is 102 Å². The Hall–Kier alpha value is -0.900. The van der Waals surface area contributed by atoms with Crippen LogP contribution in [0.4, 0.5) is 23.2 Å². The molecule has 0 saturated carbocycles. The van der Waals surface area contributed by atoms with Crippen LogP contribution in [0.2, 0.25) is 0 Å². The third-order valence-electron chi connectivity index (χ3n) is 1.45. The van der Waals surface area contributed by atoms with Gasteiger partial charge in [-0.15, -0.1) is 0 Å². The molecule has 1 rings (SSSR count). The lowest BCUT2D eigenvalue weighted by Crippen LogP contribution is -2.03. The molecular weight excluding hydrogens is 312 g/mol. The molecule has 0 saturated heterocycles. The van der Waals surface area contributed by atoms with Gasteiger partial charge in [-0.2, -0.15) is 0 Å². The zero-order valence-electron chi connectivity index (χ0n) is 8.31. The van der Waals surface area contributed by atoms with Crippen LogP contribution in [0.25, 0.3) is 0 Å². The van der Waals surface area contributed by atoms with Crippen LogP contribution in [0, 0.1) is 23.3 Å². The lowest BCUT2D eigenvalue weighted by Gasteiger charge is -2.03. The highest BCUT2D eigenvalue weighted by molar-refractivity contribution is 9.10. The summed E-state index contributed by atoms with van der Waals surface area (Å²) in [6.45, 7) is 0.219. The van der Waals surface area contributed by atoms with Crippen LogP contribution in [0.1, 0.15) is 0 Å². The number of benzene rings is 1. The number of aliphatic hydroxyl groups excluding tert-OH is 1. The Morgan fingerprint density at radius 1 is 1.06 bits per heavy atom. The number of hydrogen-bond acceptors (Lipinski definition) is 4. The summed E-state index contributed by atoms with van der Waals surface area (Å²) in [7, 11) is 0. The maximum atomic E-state index is 12.5. The van der Waals surface area contributed by atoms with Gasteiger partial charge < -0.3 is 15.7 Å². The van der Waals surface area contributed by atoms with Crippen LogP contribution < -0.4 is 11.6 Å². The molecule has 1 aromatic carbocycles. The first-order valence-electron chi connectivity index (χ1n) is 4.07. The van der Waals surface area contributed by atoms with Gasteiger partial charge in [0.2, 0.25) is 0 Å². The molecule has 17 heavy (non-hydrogen) atoms. The third-order valence-corrected chi connectivity index (χ3v) is 2.15. The van der Waals surface area contributed by atoms with Crippen LogP contribution in [-0.2, 0) is 4.84 Å². The standard InChI is InChI=1S/C6H2BrF4N.C2H7NO2/c7-1-2(8)4(10)6(12)5(11)3(1)9;3-5-2-1-4/h12H2;4H,1-3H2. The summed E-state index contributed by atoms with van der Waals surface area (Å²) >= 11 is 2.33. The predicted molar refractivity (Wildman–Crippen MR) is 55.6 cm³/mol. The van der Waals surface area contributed by atoms with Crippen molar-refractivity contribution in [2.24, 2.45) is 5.90 Å². The van der Waals surface area contributed by atoms with E-state index in [2.05, 4.69) is 26.7 Å². The predicted octanol–water partition coefficient (Wildman–Crippen LogP) is 1.46. The molecule has 0 radical (unpaired) electrons. The molecule has 0 heterocycles. The average Bonchev–Trinajstić information content (AvgIpc) is 2.33. The lowest BCUT2D eigenvalue weighted by molar-refractivity contribution is 0.0938. The number of hydrogen-bond donors (Lipinski definition) is 3. The van der Waals surface area contributed by atoms with Gasteiger partial charge in [-0.1, -0.05) is 0 Å². The summed E-state index contributed by atoms with van der Waals surface area (Å²) < 4.78 is 49.1. The van der Waals surface area contributed by atoms with Crippen molar-refractivity contribution in [1.29, 1.82) is 0 Å². The number of anilines is 1. The van der Waals surface area contributed by atoms with Gasteiger partial charge in [0.15, 0.2) is 23.3 Å². The molecule has 0 bridgehead atoms. The Bertz CT molecular complexity index is 285. The van der Waals surface area contributed by atoms with Crippen molar-refractivity contribution in [3.05, 3.63) is 27.7 Å². The van der Waals surface area contributed by atoms with E-state index >= 15 is 0 Å². The van der Waals surface area contributed by atoms with Gasteiger partial charge >= 0.3 is 0 Å². The monoisotopic (exact) mass is 320 g/mol. The second kappa shape index (κ2) is 7.43. The molecule has 98 valence electrons. The quantitative estimate of drug-likeness (QED) is 0.253. The summed E-state index contributed by atoms with van der Waals surface area (Å²) in [4.78, 5) is 3.94. The Morgan fingerprint density at radius 2 is 1.47 bits per heavy atom. The van der Waals surface area contributed by atoms with Gasteiger partial charge in [0.1, 0.15) is 5.69 Å². The molecule has 0 unspecified atom stereocenters. The van der Waals surface area contributed by atoms with Gasteiger partial charge in [0, 0.05) is 0 Å². The summed E-state index contributed by atoms with van der Waals surface area (Å²) in [5, 5.41) is 7.86. The van der Waals surface area contributed by atoms with Gasteiger partial charge in [-0.25, -0.2) is 23.5 Å². The second-order valence-electron chi connectivity index (χ2n) is 2.58. The fraction of sp³-hybridized carbons (Fsp3) is 0.250. The molecule has 4 nitrogen and oxygen atoms in total. The molecule has 9 heteroatoms. The Morgan fingerprint density at radius 3 is 1.71 bits per heavy atom. The van der Waals surface area contributed by atoms with E-state index in [9.17, 15) is 17.6 Å². The highest BCUT2D eigenvalue weighted by Crippen LogP contribution is 2.29. The van der Waals surface area contributed by atoms with Crippen molar-refractivity contribution in [2.75, 3.05) is 18.9 Å². The summed E-state index contributed by atoms with van der Waals surface area (Å²) in [6.07, 6.45) is 0. The van der Waals surface area contributed by atoms with Gasteiger partial charge in [0.25, 0.3) is 0 Å². The SMILES string of the molecule is NOCCO.Nc1c(F)c(F)c(Br)c(F)c1F. The van der Waals surface area contributed by atoms with Crippen molar-refractivity contribution < 1.29 is 27.5 Å². The number of rotatable bonds is 2. The number of halogens is 5. The summed E-state index contributed by atoms with van der Waals surface area (Å²) in [5.74, 6) is -1.79. The molecule has 0 aliphatic heterocycles. The fourth-order valence-electron chi connectivity index (χ4n) is 0.675. The van der Waals surface area contributed by atoms with Crippen molar-refractivity contribution >= 4 is 21.6 Å². The molecule has 0 aromatic heterocycles. The fourth-order valence-corrected chi connectivity index (χ4v) is 1.02. The van der Waals surface area contributed by atoms with Gasteiger partial charge in [-0.3, -0.25) is 0 Å². The van der Waals surface area contributed by atoms with Crippen molar-refractivity contribution in [3.8, 4) is 0 Å². The minimum atomic E-state index is -1.60.